The van der Waals surface area contributed by atoms with E-state index in [1.165, 1.54) is 18.3 Å². The molecule has 2 aromatic heterocycles. The number of halogens is 4. The van der Waals surface area contributed by atoms with Crippen molar-refractivity contribution < 1.29 is 32.2 Å². The number of piperidine rings is 1. The maximum atomic E-state index is 13.8. The monoisotopic (exact) mass is 603 g/mol. The minimum atomic E-state index is -4.52. The van der Waals surface area contributed by atoms with Crippen molar-refractivity contribution in [1.29, 1.82) is 0 Å². The van der Waals surface area contributed by atoms with Crippen LogP contribution in [0.2, 0.25) is 5.02 Å². The fourth-order valence-corrected chi connectivity index (χ4v) is 5.77. The number of carbonyl (C=O) groups excluding carboxylic acids is 1. The van der Waals surface area contributed by atoms with Gasteiger partial charge in [-0.3, -0.25) is 10.2 Å². The molecule has 0 unspecified atom stereocenters. The summed E-state index contributed by atoms with van der Waals surface area (Å²) in [6.07, 6.45) is -1.63. The molecule has 3 aromatic rings. The first-order valence-corrected chi connectivity index (χ1v) is 14.0. The molecule has 2 amide bonds. The maximum absolute atomic E-state index is 13.8. The molecular weight excluding hydrogens is 575 g/mol. The van der Waals surface area contributed by atoms with Crippen LogP contribution < -0.4 is 19.9 Å². The Morgan fingerprint density at radius 1 is 1.24 bits per heavy atom. The lowest BCUT2D eigenvalue weighted by atomic mass is 9.99. The van der Waals surface area contributed by atoms with Gasteiger partial charge in [-0.1, -0.05) is 23.7 Å². The highest BCUT2D eigenvalue weighted by atomic mass is 35.5. The van der Waals surface area contributed by atoms with E-state index in [1.807, 2.05) is 13.8 Å². The molecule has 1 N–H and O–H groups in total. The summed E-state index contributed by atoms with van der Waals surface area (Å²) in [5, 5.41) is 3.04. The zero-order valence-corrected chi connectivity index (χ0v) is 23.7. The molecule has 222 valence electrons. The summed E-state index contributed by atoms with van der Waals surface area (Å²) in [5.41, 5.74) is 0.203. The third kappa shape index (κ3) is 5.83. The van der Waals surface area contributed by atoms with Crippen molar-refractivity contribution >= 4 is 35.0 Å². The molecule has 2 saturated heterocycles. The third-order valence-corrected chi connectivity index (χ3v) is 7.71. The number of nitrogens with one attached hydrogen (secondary N) is 1. The van der Waals surface area contributed by atoms with E-state index < -0.39 is 23.6 Å². The lowest BCUT2D eigenvalue weighted by molar-refractivity contribution is -0.141. The van der Waals surface area contributed by atoms with Crippen molar-refractivity contribution in [3.05, 3.63) is 59.2 Å². The largest absolute Gasteiger partial charge is 0.491 e. The van der Waals surface area contributed by atoms with Crippen molar-refractivity contribution in [2.45, 2.75) is 50.8 Å². The first-order valence-electron chi connectivity index (χ1n) is 13.6. The number of ether oxygens (including phenoxy) is 3. The minimum Gasteiger partial charge on any atom is -0.491 e. The van der Waals surface area contributed by atoms with Crippen LogP contribution in [0.15, 0.2) is 48.7 Å². The number of urea groups is 1. The molecule has 6 rings (SSSR count). The number of fused-ring (bicyclic) bond motifs is 4. The number of hydrogen-bond acceptors (Lipinski definition) is 7. The van der Waals surface area contributed by atoms with Crippen molar-refractivity contribution in [1.82, 2.24) is 9.97 Å². The van der Waals surface area contributed by atoms with Crippen LogP contribution in [-0.4, -0.2) is 60.2 Å². The fourth-order valence-electron chi connectivity index (χ4n) is 5.52. The predicted molar refractivity (Wildman–Crippen MR) is 151 cm³/mol. The smallest absolute Gasteiger partial charge is 0.416 e. The predicted octanol–water partition coefficient (Wildman–Crippen LogP) is 6.37. The quantitative estimate of drug-likeness (QED) is 0.363. The molecule has 3 aliphatic heterocycles. The number of aromatic nitrogens is 2. The van der Waals surface area contributed by atoms with Crippen LogP contribution in [0.5, 0.6) is 5.75 Å². The molecule has 13 heteroatoms. The van der Waals surface area contributed by atoms with Gasteiger partial charge in [0, 0.05) is 30.9 Å². The first-order chi connectivity index (χ1) is 20.0. The lowest BCUT2D eigenvalue weighted by Gasteiger charge is -2.46. The van der Waals surface area contributed by atoms with Crippen molar-refractivity contribution in [2.24, 2.45) is 0 Å². The molecule has 1 aromatic carbocycles. The molecule has 0 aliphatic carbocycles. The maximum Gasteiger partial charge on any atom is 0.416 e. The van der Waals surface area contributed by atoms with Crippen LogP contribution in [0.4, 0.5) is 35.3 Å². The molecule has 42 heavy (non-hydrogen) atoms. The standard InChI is InChI=1S/C29H29ClF3N5O4/c1-28(2)41-16-21(42-28)15-40-20-8-9-34-24(12-20)35-27(39)38-19-7-4-10-37(14-19)23-13-22(30)25(36-26(23)38)17-5-3-6-18(11-17)29(31,32)33/h3,5-6,8-9,11-13,19,21H,4,7,10,14-16H2,1-2H3,(H,34,35,39)/t19-,21-/m0/s1. The van der Waals surface area contributed by atoms with Gasteiger partial charge < -0.3 is 19.1 Å². The van der Waals surface area contributed by atoms with Gasteiger partial charge in [-0.2, -0.15) is 13.2 Å². The Hall–Kier alpha value is -3.61. The minimum absolute atomic E-state index is 0.162. The number of nitrogens with zero attached hydrogens (tertiary/aromatic N) is 4. The zero-order chi connectivity index (χ0) is 29.6. The molecule has 0 saturated carbocycles. The van der Waals surface area contributed by atoms with Crippen LogP contribution in [0, 0.1) is 0 Å². The summed E-state index contributed by atoms with van der Waals surface area (Å²) in [4.78, 5) is 26.4. The number of anilines is 3. The van der Waals surface area contributed by atoms with E-state index in [1.54, 1.807) is 23.1 Å². The second-order valence-electron chi connectivity index (χ2n) is 10.9. The Morgan fingerprint density at radius 2 is 2.07 bits per heavy atom. The zero-order valence-electron chi connectivity index (χ0n) is 22.9. The highest BCUT2D eigenvalue weighted by molar-refractivity contribution is 6.33. The van der Waals surface area contributed by atoms with Crippen LogP contribution in [0.25, 0.3) is 11.3 Å². The second-order valence-corrected chi connectivity index (χ2v) is 11.3. The number of alkyl halides is 3. The number of rotatable bonds is 5. The van der Waals surface area contributed by atoms with Crippen molar-refractivity contribution in [3.8, 4) is 17.0 Å². The summed E-state index contributed by atoms with van der Waals surface area (Å²) in [6.45, 7) is 5.69. The van der Waals surface area contributed by atoms with Gasteiger partial charge in [0.15, 0.2) is 11.6 Å². The molecule has 5 heterocycles. The Morgan fingerprint density at radius 3 is 2.83 bits per heavy atom. The van der Waals surface area contributed by atoms with Gasteiger partial charge >= 0.3 is 12.2 Å². The van der Waals surface area contributed by atoms with E-state index in [0.29, 0.717) is 30.4 Å². The van der Waals surface area contributed by atoms with Gasteiger partial charge in [-0.15, -0.1) is 0 Å². The van der Waals surface area contributed by atoms with Crippen LogP contribution in [0.1, 0.15) is 32.3 Å². The summed E-state index contributed by atoms with van der Waals surface area (Å²) in [6, 6.07) is 9.12. The van der Waals surface area contributed by atoms with Crippen LogP contribution >= 0.6 is 11.6 Å². The van der Waals surface area contributed by atoms with Crippen molar-refractivity contribution in [2.75, 3.05) is 41.4 Å². The average Bonchev–Trinajstić information content (AvgIpc) is 3.30. The number of carbonyl (C=O) groups is 1. The van der Waals surface area contributed by atoms with Gasteiger partial charge in [0.25, 0.3) is 0 Å². The van der Waals surface area contributed by atoms with Crippen molar-refractivity contribution in [3.63, 3.8) is 0 Å². The van der Waals surface area contributed by atoms with E-state index >= 15 is 0 Å². The molecular formula is C29H29ClF3N5O4. The van der Waals surface area contributed by atoms with Gasteiger partial charge in [-0.25, -0.2) is 14.8 Å². The van der Waals surface area contributed by atoms with Crippen LogP contribution in [0.3, 0.4) is 0 Å². The fraction of sp³-hybridized carbons (Fsp3) is 0.414. The second kappa shape index (κ2) is 10.9. The number of hydrogen-bond donors (Lipinski definition) is 1. The summed E-state index contributed by atoms with van der Waals surface area (Å²) in [5.74, 6) is 0.430. The summed E-state index contributed by atoms with van der Waals surface area (Å²) < 4.78 is 57.5. The average molecular weight is 604 g/mol. The molecule has 2 bridgehead atoms. The Balaban J connectivity index is 1.27. The lowest BCUT2D eigenvalue weighted by Crippen LogP contribution is -2.56. The Labute approximate surface area is 245 Å². The molecule has 0 radical (unpaired) electrons. The van der Waals surface area contributed by atoms with E-state index in [4.69, 9.17) is 25.8 Å². The van der Waals surface area contributed by atoms with E-state index in [9.17, 15) is 18.0 Å². The highest BCUT2D eigenvalue weighted by Crippen LogP contribution is 2.43. The van der Waals surface area contributed by atoms with Gasteiger partial charge in [0.2, 0.25) is 0 Å². The van der Waals surface area contributed by atoms with E-state index in [2.05, 4.69) is 20.2 Å². The SMILES string of the molecule is CC1(C)OC[C@H](COc2ccnc(NC(=O)N3c4nc(-c5cccc(C(F)(F)F)c5)c(Cl)cc4N4CCC[C@H]3C4)c2)O1. The topological polar surface area (TPSA) is 89.1 Å². The molecule has 3 aliphatic rings. The Kier molecular flexibility index (Phi) is 7.40. The normalized spacial score (nSPS) is 21.2. The van der Waals surface area contributed by atoms with Gasteiger partial charge in [0.05, 0.1) is 34.6 Å². The third-order valence-electron chi connectivity index (χ3n) is 7.42. The Bertz CT molecular complexity index is 1500. The molecule has 9 nitrogen and oxygen atoms in total. The van der Waals surface area contributed by atoms with Gasteiger partial charge in [0.1, 0.15) is 24.3 Å². The van der Waals surface area contributed by atoms with E-state index in [-0.39, 0.29) is 40.9 Å². The van der Waals surface area contributed by atoms with Crippen LogP contribution in [-0.2, 0) is 15.7 Å². The number of pyridine rings is 2. The summed E-state index contributed by atoms with van der Waals surface area (Å²) in [7, 11) is 0. The summed E-state index contributed by atoms with van der Waals surface area (Å²) >= 11 is 6.58. The van der Waals surface area contributed by atoms with E-state index in [0.717, 1.165) is 31.5 Å². The highest BCUT2D eigenvalue weighted by Gasteiger charge is 2.39. The molecule has 2 atom stereocenters. The van der Waals surface area contributed by atoms with Gasteiger partial charge in [-0.05, 0) is 51.0 Å². The number of amides is 2. The molecule has 2 fully saturated rings. The first kappa shape index (κ1) is 28.5. The number of benzene rings is 1. The molecule has 0 spiro atoms.